The molecule has 31 heavy (non-hydrogen) atoms. The molecular weight excluding hydrogens is 396 g/mol. The van der Waals surface area contributed by atoms with E-state index in [2.05, 4.69) is 10.6 Å². The minimum Gasteiger partial charge on any atom is -0.378 e. The van der Waals surface area contributed by atoms with E-state index in [4.69, 9.17) is 0 Å². The molecule has 3 rings (SSSR count). The van der Waals surface area contributed by atoms with E-state index in [1.807, 2.05) is 31.1 Å². The Balaban J connectivity index is 1.33. The smallest absolute Gasteiger partial charge is 0.261 e. The maximum absolute atomic E-state index is 12.3. The molecule has 0 spiro atoms. The fourth-order valence-electron chi connectivity index (χ4n) is 3.32. The number of carbonyl (C=O) groups is 4. The second-order valence-corrected chi connectivity index (χ2v) is 7.46. The third-order valence-corrected chi connectivity index (χ3v) is 5.04. The van der Waals surface area contributed by atoms with Crippen LogP contribution in [-0.2, 0) is 4.79 Å². The van der Waals surface area contributed by atoms with Crippen molar-refractivity contribution in [2.75, 3.05) is 38.6 Å². The maximum atomic E-state index is 12.3. The minimum atomic E-state index is -0.317. The number of imide groups is 1. The van der Waals surface area contributed by atoms with Crippen LogP contribution in [0.1, 0.15) is 43.9 Å². The Hall–Kier alpha value is -3.68. The molecule has 162 valence electrons. The first-order valence-corrected chi connectivity index (χ1v) is 10.2. The van der Waals surface area contributed by atoms with Crippen LogP contribution in [0.15, 0.2) is 48.5 Å². The normalized spacial score (nSPS) is 12.5. The second-order valence-electron chi connectivity index (χ2n) is 7.46. The number of anilines is 1. The molecule has 0 fully saturated rings. The van der Waals surface area contributed by atoms with Gasteiger partial charge in [-0.25, -0.2) is 0 Å². The summed E-state index contributed by atoms with van der Waals surface area (Å²) in [5.74, 6) is -1.03. The van der Waals surface area contributed by atoms with E-state index in [1.165, 1.54) is 4.90 Å². The Bertz CT molecular complexity index is 950. The highest BCUT2D eigenvalue weighted by Gasteiger charge is 2.34. The molecule has 2 aromatic rings. The largest absolute Gasteiger partial charge is 0.378 e. The van der Waals surface area contributed by atoms with E-state index in [1.54, 1.807) is 36.4 Å². The van der Waals surface area contributed by atoms with Crippen molar-refractivity contribution in [1.29, 1.82) is 0 Å². The lowest BCUT2D eigenvalue weighted by Crippen LogP contribution is -2.35. The molecule has 0 bridgehead atoms. The van der Waals surface area contributed by atoms with Gasteiger partial charge in [0.25, 0.3) is 17.7 Å². The predicted octanol–water partition coefficient (Wildman–Crippen LogP) is 1.67. The number of rotatable bonds is 9. The zero-order valence-electron chi connectivity index (χ0n) is 17.7. The van der Waals surface area contributed by atoms with Crippen LogP contribution in [-0.4, -0.2) is 62.3 Å². The zero-order valence-corrected chi connectivity index (χ0v) is 17.7. The summed E-state index contributed by atoms with van der Waals surface area (Å²) in [6.45, 7) is 0.797. The lowest BCUT2D eigenvalue weighted by Gasteiger charge is -2.13. The Morgan fingerprint density at radius 2 is 1.45 bits per heavy atom. The van der Waals surface area contributed by atoms with E-state index >= 15 is 0 Å². The number of fused-ring (bicyclic) bond motifs is 1. The molecule has 0 aliphatic carbocycles. The first kappa shape index (κ1) is 22.0. The van der Waals surface area contributed by atoms with Gasteiger partial charge < -0.3 is 15.5 Å². The number of nitrogens with one attached hydrogen (secondary N) is 2. The van der Waals surface area contributed by atoms with Gasteiger partial charge in [0.15, 0.2) is 0 Å². The average molecular weight is 422 g/mol. The molecule has 0 aromatic heterocycles. The van der Waals surface area contributed by atoms with Gasteiger partial charge in [0.1, 0.15) is 0 Å². The van der Waals surface area contributed by atoms with Crippen LogP contribution in [0.5, 0.6) is 0 Å². The molecule has 8 heteroatoms. The van der Waals surface area contributed by atoms with Gasteiger partial charge in [0.05, 0.1) is 11.1 Å². The summed E-state index contributed by atoms with van der Waals surface area (Å²) in [5, 5.41) is 5.49. The molecule has 0 radical (unpaired) electrons. The number of amides is 4. The molecule has 1 aliphatic heterocycles. The Labute approximate surface area is 181 Å². The molecule has 1 aliphatic rings. The fraction of sp³-hybridized carbons (Fsp3) is 0.304. The SMILES string of the molecule is CN(C)c1ccc(C(=O)NCCNC(=O)CCCN2C(=O)c3ccccc3C2=O)cc1. The predicted molar refractivity (Wildman–Crippen MR) is 117 cm³/mol. The van der Waals surface area contributed by atoms with Crippen molar-refractivity contribution in [3.63, 3.8) is 0 Å². The van der Waals surface area contributed by atoms with Crippen LogP contribution in [0.2, 0.25) is 0 Å². The van der Waals surface area contributed by atoms with Crippen LogP contribution in [0, 0.1) is 0 Å². The van der Waals surface area contributed by atoms with E-state index in [0.717, 1.165) is 5.69 Å². The van der Waals surface area contributed by atoms with Gasteiger partial charge in [-0.15, -0.1) is 0 Å². The Morgan fingerprint density at radius 1 is 0.871 bits per heavy atom. The number of nitrogens with zero attached hydrogens (tertiary/aromatic N) is 2. The van der Waals surface area contributed by atoms with Crippen molar-refractivity contribution in [2.24, 2.45) is 0 Å². The van der Waals surface area contributed by atoms with Crippen molar-refractivity contribution in [1.82, 2.24) is 15.5 Å². The van der Waals surface area contributed by atoms with Gasteiger partial charge in [0, 0.05) is 51.4 Å². The zero-order chi connectivity index (χ0) is 22.4. The van der Waals surface area contributed by atoms with Gasteiger partial charge >= 0.3 is 0 Å². The average Bonchev–Trinajstić information content (AvgIpc) is 3.01. The topological polar surface area (TPSA) is 98.8 Å². The van der Waals surface area contributed by atoms with Crippen LogP contribution in [0.3, 0.4) is 0 Å². The summed E-state index contributed by atoms with van der Waals surface area (Å²) >= 11 is 0. The van der Waals surface area contributed by atoms with Crippen molar-refractivity contribution < 1.29 is 19.2 Å². The summed E-state index contributed by atoms with van der Waals surface area (Å²) in [6.07, 6.45) is 0.565. The minimum absolute atomic E-state index is 0.188. The first-order chi connectivity index (χ1) is 14.9. The van der Waals surface area contributed by atoms with Gasteiger partial charge in [-0.3, -0.25) is 24.1 Å². The third-order valence-electron chi connectivity index (χ3n) is 5.04. The fourth-order valence-corrected chi connectivity index (χ4v) is 3.32. The highest BCUT2D eigenvalue weighted by molar-refractivity contribution is 6.21. The van der Waals surface area contributed by atoms with Crippen molar-refractivity contribution >= 4 is 29.3 Å². The van der Waals surface area contributed by atoms with Crippen LogP contribution >= 0.6 is 0 Å². The van der Waals surface area contributed by atoms with Gasteiger partial charge in [-0.05, 0) is 42.8 Å². The van der Waals surface area contributed by atoms with Crippen LogP contribution in [0.25, 0.3) is 0 Å². The number of hydrogen-bond acceptors (Lipinski definition) is 5. The summed E-state index contributed by atoms with van der Waals surface area (Å²) in [5.41, 5.74) is 2.37. The molecule has 0 saturated heterocycles. The number of hydrogen-bond donors (Lipinski definition) is 2. The molecule has 0 atom stereocenters. The lowest BCUT2D eigenvalue weighted by molar-refractivity contribution is -0.121. The summed E-state index contributed by atoms with van der Waals surface area (Å²) in [4.78, 5) is 51.8. The molecule has 4 amide bonds. The molecule has 2 N–H and O–H groups in total. The third kappa shape index (κ3) is 5.28. The van der Waals surface area contributed by atoms with Crippen LogP contribution in [0.4, 0.5) is 5.69 Å². The second kappa shape index (κ2) is 9.88. The number of benzene rings is 2. The Kier molecular flexibility index (Phi) is 7.02. The Morgan fingerprint density at radius 3 is 2.03 bits per heavy atom. The standard InChI is InChI=1S/C23H26N4O4/c1-26(2)17-11-9-16(10-12-17)21(29)25-14-13-24-20(28)8-5-15-27-22(30)18-6-3-4-7-19(18)23(27)31/h3-4,6-7,9-12H,5,8,13-15H2,1-2H3,(H,24,28)(H,25,29). The van der Waals surface area contributed by atoms with Crippen molar-refractivity contribution in [3.05, 3.63) is 65.2 Å². The lowest BCUT2D eigenvalue weighted by atomic mass is 10.1. The van der Waals surface area contributed by atoms with Gasteiger partial charge in [0.2, 0.25) is 5.91 Å². The summed E-state index contributed by atoms with van der Waals surface area (Å²) in [6, 6.07) is 13.9. The molecule has 2 aromatic carbocycles. The highest BCUT2D eigenvalue weighted by atomic mass is 16.2. The summed E-state index contributed by atoms with van der Waals surface area (Å²) < 4.78 is 0. The maximum Gasteiger partial charge on any atom is 0.261 e. The molecule has 0 saturated carbocycles. The van der Waals surface area contributed by atoms with Gasteiger partial charge in [-0.2, -0.15) is 0 Å². The van der Waals surface area contributed by atoms with E-state index in [0.29, 0.717) is 36.2 Å². The molecule has 1 heterocycles. The monoisotopic (exact) mass is 422 g/mol. The molecule has 0 unspecified atom stereocenters. The molecular formula is C23H26N4O4. The van der Waals surface area contributed by atoms with Gasteiger partial charge in [-0.1, -0.05) is 12.1 Å². The van der Waals surface area contributed by atoms with E-state index in [9.17, 15) is 19.2 Å². The van der Waals surface area contributed by atoms with Crippen LogP contribution < -0.4 is 15.5 Å². The molecule has 8 nitrogen and oxygen atoms in total. The number of carbonyl (C=O) groups excluding carboxylic acids is 4. The summed E-state index contributed by atoms with van der Waals surface area (Å²) in [7, 11) is 3.86. The first-order valence-electron chi connectivity index (χ1n) is 10.2. The highest BCUT2D eigenvalue weighted by Crippen LogP contribution is 2.22. The van der Waals surface area contributed by atoms with E-state index < -0.39 is 0 Å². The van der Waals surface area contributed by atoms with Crippen molar-refractivity contribution in [2.45, 2.75) is 12.8 Å². The van der Waals surface area contributed by atoms with E-state index in [-0.39, 0.29) is 36.6 Å². The van der Waals surface area contributed by atoms with Crippen molar-refractivity contribution in [3.8, 4) is 0 Å². The quantitative estimate of drug-likeness (QED) is 0.473.